The summed E-state index contributed by atoms with van der Waals surface area (Å²) in [5.41, 5.74) is -1.04. The second-order valence-electron chi connectivity index (χ2n) is 3.88. The lowest BCUT2D eigenvalue weighted by Crippen LogP contribution is -2.46. The summed E-state index contributed by atoms with van der Waals surface area (Å²) in [7, 11) is 0. The first-order chi connectivity index (χ1) is 7.42. The molecule has 0 amide bonds. The average Bonchev–Trinajstić information content (AvgIpc) is 2.19. The van der Waals surface area contributed by atoms with E-state index in [0.717, 1.165) is 4.47 Å². The molecule has 1 heterocycles. The maximum Gasteiger partial charge on any atom is 0.348 e. The average molecular weight is 285 g/mol. The van der Waals surface area contributed by atoms with E-state index in [1.165, 1.54) is 6.92 Å². The van der Waals surface area contributed by atoms with Gasteiger partial charge in [-0.2, -0.15) is 0 Å². The third-order valence-corrected chi connectivity index (χ3v) is 3.02. The van der Waals surface area contributed by atoms with Crippen molar-refractivity contribution in [1.29, 1.82) is 0 Å². The molecule has 1 aliphatic rings. The number of Topliss-reactive ketones (excluding diaryl/α,β-unsaturated/α-hetero) is 1. The Balaban J connectivity index is 2.49. The summed E-state index contributed by atoms with van der Waals surface area (Å²) in [6, 6.07) is 4.94. The maximum atomic E-state index is 11.8. The predicted molar refractivity (Wildman–Crippen MR) is 59.8 cm³/mol. The molecule has 0 spiro atoms. The number of carboxylic acids is 1. The first-order valence-electron chi connectivity index (χ1n) is 4.67. The van der Waals surface area contributed by atoms with Gasteiger partial charge in [0.2, 0.25) is 5.60 Å². The zero-order valence-electron chi connectivity index (χ0n) is 8.49. The summed E-state index contributed by atoms with van der Waals surface area (Å²) in [4.78, 5) is 22.8. The van der Waals surface area contributed by atoms with Gasteiger partial charge in [0.1, 0.15) is 5.75 Å². The zero-order chi connectivity index (χ0) is 11.9. The topological polar surface area (TPSA) is 63.6 Å². The fourth-order valence-corrected chi connectivity index (χ4v) is 1.97. The summed E-state index contributed by atoms with van der Waals surface area (Å²) in [5.74, 6) is -1.02. The minimum atomic E-state index is -1.46. The van der Waals surface area contributed by atoms with E-state index in [0.29, 0.717) is 11.3 Å². The molecule has 1 unspecified atom stereocenters. The number of fused-ring (bicyclic) bond motifs is 1. The van der Waals surface area contributed by atoms with E-state index in [1.54, 1.807) is 18.2 Å². The minimum Gasteiger partial charge on any atom is -0.478 e. The summed E-state index contributed by atoms with van der Waals surface area (Å²) in [6.45, 7) is 1.40. The molecule has 1 atom stereocenters. The molecule has 0 aromatic heterocycles. The molecule has 1 aliphatic heterocycles. The van der Waals surface area contributed by atoms with Crippen molar-refractivity contribution in [2.45, 2.75) is 18.9 Å². The van der Waals surface area contributed by atoms with Gasteiger partial charge < -0.3 is 9.84 Å². The van der Waals surface area contributed by atoms with Crippen LogP contribution in [0.25, 0.3) is 0 Å². The number of rotatable bonds is 1. The Morgan fingerprint density at radius 2 is 2.25 bits per heavy atom. The lowest BCUT2D eigenvalue weighted by molar-refractivity contribution is -0.154. The number of ether oxygens (including phenoxy) is 1. The second-order valence-corrected chi connectivity index (χ2v) is 4.79. The van der Waals surface area contributed by atoms with E-state index in [9.17, 15) is 9.59 Å². The first kappa shape index (κ1) is 11.1. The number of hydrogen-bond donors (Lipinski definition) is 1. The molecule has 84 valence electrons. The van der Waals surface area contributed by atoms with Gasteiger partial charge in [0.15, 0.2) is 5.78 Å². The van der Waals surface area contributed by atoms with Crippen LogP contribution in [0.4, 0.5) is 0 Å². The van der Waals surface area contributed by atoms with Crippen LogP contribution >= 0.6 is 15.9 Å². The van der Waals surface area contributed by atoms with Crippen LogP contribution in [-0.2, 0) is 4.79 Å². The van der Waals surface area contributed by atoms with Gasteiger partial charge in [0.25, 0.3) is 0 Å². The van der Waals surface area contributed by atoms with Crippen molar-refractivity contribution in [3.8, 4) is 5.75 Å². The summed E-state index contributed by atoms with van der Waals surface area (Å²) in [6.07, 6.45) is -0.147. The highest BCUT2D eigenvalue weighted by Gasteiger charge is 2.43. The number of carbonyl (C=O) groups excluding carboxylic acids is 1. The summed E-state index contributed by atoms with van der Waals surface area (Å²) < 4.78 is 6.13. The van der Waals surface area contributed by atoms with E-state index in [4.69, 9.17) is 9.84 Å². The number of aliphatic carboxylic acids is 1. The van der Waals surface area contributed by atoms with Crippen LogP contribution in [0.15, 0.2) is 22.7 Å². The van der Waals surface area contributed by atoms with Gasteiger partial charge in [-0.1, -0.05) is 15.9 Å². The van der Waals surface area contributed by atoms with Crippen LogP contribution in [0, 0.1) is 0 Å². The van der Waals surface area contributed by atoms with Crippen molar-refractivity contribution >= 4 is 27.7 Å². The van der Waals surface area contributed by atoms with Gasteiger partial charge >= 0.3 is 5.97 Å². The summed E-state index contributed by atoms with van der Waals surface area (Å²) >= 11 is 3.25. The molecule has 1 N–H and O–H groups in total. The van der Waals surface area contributed by atoms with Crippen LogP contribution in [0.5, 0.6) is 5.75 Å². The summed E-state index contributed by atoms with van der Waals surface area (Å²) in [5, 5.41) is 9.01. The van der Waals surface area contributed by atoms with Gasteiger partial charge in [-0.3, -0.25) is 4.79 Å². The predicted octanol–water partition coefficient (Wildman–Crippen LogP) is 2.26. The highest BCUT2D eigenvalue weighted by molar-refractivity contribution is 9.10. The lowest BCUT2D eigenvalue weighted by atomic mass is 9.92. The lowest BCUT2D eigenvalue weighted by Gasteiger charge is -2.31. The Bertz CT molecular complexity index is 483. The van der Waals surface area contributed by atoms with Crippen LogP contribution < -0.4 is 4.74 Å². The molecule has 4 nitrogen and oxygen atoms in total. The highest BCUT2D eigenvalue weighted by Crippen LogP contribution is 2.34. The van der Waals surface area contributed by atoms with Crippen LogP contribution in [0.1, 0.15) is 23.7 Å². The van der Waals surface area contributed by atoms with Crippen LogP contribution in [0.3, 0.4) is 0 Å². The van der Waals surface area contributed by atoms with Crippen molar-refractivity contribution in [2.24, 2.45) is 0 Å². The van der Waals surface area contributed by atoms with Gasteiger partial charge in [0, 0.05) is 4.47 Å². The highest BCUT2D eigenvalue weighted by atomic mass is 79.9. The van der Waals surface area contributed by atoms with E-state index >= 15 is 0 Å². The molecule has 0 saturated heterocycles. The SMILES string of the molecule is CC1(C(=O)O)CC(=O)c2cc(Br)ccc2O1. The maximum absolute atomic E-state index is 11.8. The molecular weight excluding hydrogens is 276 g/mol. The molecule has 5 heteroatoms. The van der Waals surface area contributed by atoms with Crippen molar-refractivity contribution in [3.63, 3.8) is 0 Å². The monoisotopic (exact) mass is 284 g/mol. The molecule has 0 bridgehead atoms. The number of hydrogen-bond acceptors (Lipinski definition) is 3. The van der Waals surface area contributed by atoms with E-state index in [1.807, 2.05) is 0 Å². The molecule has 0 saturated carbocycles. The smallest absolute Gasteiger partial charge is 0.348 e. The molecule has 2 rings (SSSR count). The molecule has 0 radical (unpaired) electrons. The van der Waals surface area contributed by atoms with E-state index < -0.39 is 11.6 Å². The normalized spacial score (nSPS) is 23.5. The second kappa shape index (κ2) is 3.59. The quantitative estimate of drug-likeness (QED) is 0.859. The number of carboxylic acid groups (broad SMARTS) is 1. The molecule has 1 aromatic carbocycles. The third-order valence-electron chi connectivity index (χ3n) is 2.53. The van der Waals surface area contributed by atoms with Crippen molar-refractivity contribution in [1.82, 2.24) is 0 Å². The third kappa shape index (κ3) is 1.71. The van der Waals surface area contributed by atoms with E-state index in [-0.39, 0.29) is 12.2 Å². The van der Waals surface area contributed by atoms with Crippen LogP contribution in [-0.4, -0.2) is 22.5 Å². The fraction of sp³-hybridized carbons (Fsp3) is 0.273. The number of carbonyl (C=O) groups is 2. The van der Waals surface area contributed by atoms with Crippen molar-refractivity contribution in [2.75, 3.05) is 0 Å². The molecule has 16 heavy (non-hydrogen) atoms. The minimum absolute atomic E-state index is 0.147. The first-order valence-corrected chi connectivity index (χ1v) is 5.47. The number of ketones is 1. The van der Waals surface area contributed by atoms with Gasteiger partial charge in [-0.25, -0.2) is 4.79 Å². The molecule has 0 aliphatic carbocycles. The Morgan fingerprint density at radius 3 is 2.88 bits per heavy atom. The largest absolute Gasteiger partial charge is 0.478 e. The molecule has 1 aromatic rings. The zero-order valence-corrected chi connectivity index (χ0v) is 10.1. The standard InChI is InChI=1S/C11H9BrO4/c1-11(10(14)15)5-8(13)7-4-6(12)2-3-9(7)16-11/h2-4H,5H2,1H3,(H,14,15). The van der Waals surface area contributed by atoms with E-state index in [2.05, 4.69) is 15.9 Å². The number of benzene rings is 1. The molecular formula is C11H9BrO4. The van der Waals surface area contributed by atoms with Gasteiger partial charge in [-0.15, -0.1) is 0 Å². The molecule has 0 fully saturated rings. The van der Waals surface area contributed by atoms with Crippen LogP contribution in [0.2, 0.25) is 0 Å². The van der Waals surface area contributed by atoms with Gasteiger partial charge in [0.05, 0.1) is 12.0 Å². The Kier molecular flexibility index (Phi) is 2.50. The Morgan fingerprint density at radius 1 is 1.56 bits per heavy atom. The van der Waals surface area contributed by atoms with Gasteiger partial charge in [-0.05, 0) is 25.1 Å². The van der Waals surface area contributed by atoms with Crippen molar-refractivity contribution < 1.29 is 19.4 Å². The Labute approximate surface area is 100 Å². The van der Waals surface area contributed by atoms with Crippen molar-refractivity contribution in [3.05, 3.63) is 28.2 Å². The Hall–Kier alpha value is -1.36. The number of halogens is 1. The fourth-order valence-electron chi connectivity index (χ4n) is 1.61.